The van der Waals surface area contributed by atoms with Crippen LogP contribution in [-0.2, 0) is 20.9 Å². The van der Waals surface area contributed by atoms with Gasteiger partial charge in [-0.2, -0.15) is 0 Å². The quantitative estimate of drug-likeness (QED) is 0.834. The molecule has 158 valence electrons. The maximum Gasteiger partial charge on any atom is 0.245 e. The highest BCUT2D eigenvalue weighted by atomic mass is 19.1. The Bertz CT molecular complexity index is 754. The van der Waals surface area contributed by atoms with Gasteiger partial charge in [-0.3, -0.25) is 14.5 Å². The maximum atomic E-state index is 13.5. The van der Waals surface area contributed by atoms with E-state index in [4.69, 9.17) is 4.74 Å². The molecule has 2 saturated carbocycles. The number of carbonyl (C=O) groups is 2. The molecule has 0 radical (unpaired) electrons. The monoisotopic (exact) mass is 402 g/mol. The predicted molar refractivity (Wildman–Crippen MR) is 107 cm³/mol. The smallest absolute Gasteiger partial charge is 0.245 e. The molecule has 1 aromatic rings. The summed E-state index contributed by atoms with van der Waals surface area (Å²) in [7, 11) is 0. The summed E-state index contributed by atoms with van der Waals surface area (Å²) in [5, 5.41) is 2.89. The number of amides is 2. The minimum absolute atomic E-state index is 0.00597. The molecular weight excluding hydrogens is 371 g/mol. The number of nitrogens with zero attached hydrogens (tertiary/aromatic N) is 1. The van der Waals surface area contributed by atoms with Gasteiger partial charge in [0.1, 0.15) is 17.6 Å². The van der Waals surface area contributed by atoms with Crippen LogP contribution in [0.5, 0.6) is 0 Å². The van der Waals surface area contributed by atoms with Crippen molar-refractivity contribution in [2.24, 2.45) is 11.8 Å². The summed E-state index contributed by atoms with van der Waals surface area (Å²) in [6.45, 7) is 2.71. The topological polar surface area (TPSA) is 58.6 Å². The van der Waals surface area contributed by atoms with E-state index in [1.165, 1.54) is 12.1 Å². The zero-order chi connectivity index (χ0) is 20.4. The van der Waals surface area contributed by atoms with Crippen molar-refractivity contribution in [1.82, 2.24) is 10.2 Å². The van der Waals surface area contributed by atoms with Crippen molar-refractivity contribution in [3.8, 4) is 0 Å². The standard InChI is InChI=1S/C23H31FN2O3/c1-16-9-11-23(12-10-16)26(22(28)18-6-2-3-7-18)20(15-29-23)21(27)25-14-17-5-4-8-19(24)13-17/h4-5,8,13,16,18,20H,2-3,6-7,9-12,14-15H2,1H3,(H,25,27). The Balaban J connectivity index is 1.51. The second-order valence-corrected chi connectivity index (χ2v) is 8.99. The molecule has 1 atom stereocenters. The minimum atomic E-state index is -0.632. The van der Waals surface area contributed by atoms with Gasteiger partial charge in [0.05, 0.1) is 6.61 Å². The molecule has 4 rings (SSSR count). The molecule has 1 aliphatic heterocycles. The molecular formula is C23H31FN2O3. The molecule has 1 unspecified atom stereocenters. The third kappa shape index (κ3) is 4.18. The normalized spacial score (nSPS) is 30.1. The Hall–Kier alpha value is -1.95. The summed E-state index contributed by atoms with van der Waals surface area (Å²) < 4.78 is 19.6. The van der Waals surface area contributed by atoms with Gasteiger partial charge in [-0.1, -0.05) is 31.9 Å². The molecule has 3 fully saturated rings. The Morgan fingerprint density at radius 1 is 1.21 bits per heavy atom. The zero-order valence-corrected chi connectivity index (χ0v) is 17.2. The van der Waals surface area contributed by atoms with Gasteiger partial charge in [0, 0.05) is 12.5 Å². The highest BCUT2D eigenvalue weighted by Crippen LogP contribution is 2.44. The van der Waals surface area contributed by atoms with Crippen LogP contribution in [0.4, 0.5) is 4.39 Å². The third-order valence-corrected chi connectivity index (χ3v) is 6.92. The minimum Gasteiger partial charge on any atom is -0.353 e. The molecule has 6 heteroatoms. The van der Waals surface area contributed by atoms with Crippen LogP contribution >= 0.6 is 0 Å². The largest absolute Gasteiger partial charge is 0.353 e. The van der Waals surface area contributed by atoms with Crippen molar-refractivity contribution in [2.45, 2.75) is 76.6 Å². The number of rotatable bonds is 4. The number of carbonyl (C=O) groups excluding carboxylic acids is 2. The average Bonchev–Trinajstić information content (AvgIpc) is 3.37. The molecule has 5 nitrogen and oxygen atoms in total. The molecule has 3 aliphatic rings. The fourth-order valence-corrected chi connectivity index (χ4v) is 5.13. The fraction of sp³-hybridized carbons (Fsp3) is 0.652. The van der Waals surface area contributed by atoms with Crippen molar-refractivity contribution in [1.29, 1.82) is 0 Å². The van der Waals surface area contributed by atoms with E-state index < -0.39 is 11.8 Å². The number of hydrogen-bond donors (Lipinski definition) is 1. The molecule has 1 heterocycles. The van der Waals surface area contributed by atoms with Crippen LogP contribution in [0.3, 0.4) is 0 Å². The number of hydrogen-bond acceptors (Lipinski definition) is 3. The Kier molecular flexibility index (Phi) is 5.91. The van der Waals surface area contributed by atoms with Crippen LogP contribution in [-0.4, -0.2) is 35.1 Å². The van der Waals surface area contributed by atoms with Crippen LogP contribution in [0.25, 0.3) is 0 Å². The van der Waals surface area contributed by atoms with Crippen molar-refractivity contribution in [3.63, 3.8) is 0 Å². The van der Waals surface area contributed by atoms with Crippen LogP contribution in [0, 0.1) is 17.7 Å². The maximum absolute atomic E-state index is 13.5. The van der Waals surface area contributed by atoms with E-state index in [0.717, 1.165) is 51.4 Å². The van der Waals surface area contributed by atoms with Crippen molar-refractivity contribution in [2.75, 3.05) is 6.61 Å². The van der Waals surface area contributed by atoms with Crippen molar-refractivity contribution >= 4 is 11.8 Å². The summed E-state index contributed by atoms with van der Waals surface area (Å²) in [4.78, 5) is 28.3. The third-order valence-electron chi connectivity index (χ3n) is 6.92. The molecule has 2 aliphatic carbocycles. The van der Waals surface area contributed by atoms with Crippen molar-refractivity contribution < 1.29 is 18.7 Å². The summed E-state index contributed by atoms with van der Waals surface area (Å²) in [5.41, 5.74) is 0.0692. The Morgan fingerprint density at radius 2 is 1.93 bits per heavy atom. The summed E-state index contributed by atoms with van der Waals surface area (Å²) in [6.07, 6.45) is 7.55. The molecule has 1 aromatic carbocycles. The lowest BCUT2D eigenvalue weighted by atomic mass is 9.83. The van der Waals surface area contributed by atoms with Crippen molar-refractivity contribution in [3.05, 3.63) is 35.6 Å². The van der Waals surface area contributed by atoms with Gasteiger partial charge >= 0.3 is 0 Å². The molecule has 1 N–H and O–H groups in total. The van der Waals surface area contributed by atoms with Crippen LogP contribution < -0.4 is 5.32 Å². The van der Waals surface area contributed by atoms with E-state index in [9.17, 15) is 14.0 Å². The molecule has 1 saturated heterocycles. The van der Waals surface area contributed by atoms with Crippen LogP contribution in [0.2, 0.25) is 0 Å². The average molecular weight is 403 g/mol. The first-order valence-electron chi connectivity index (χ1n) is 11.0. The number of ether oxygens (including phenoxy) is 1. The zero-order valence-electron chi connectivity index (χ0n) is 17.2. The number of halogens is 1. The molecule has 0 aromatic heterocycles. The van der Waals surface area contributed by atoms with Crippen LogP contribution in [0.1, 0.15) is 63.9 Å². The first-order chi connectivity index (χ1) is 14.0. The summed E-state index contributed by atoms with van der Waals surface area (Å²) in [5.74, 6) is 0.172. The van der Waals surface area contributed by atoms with Gasteiger partial charge in [-0.05, 0) is 62.1 Å². The first-order valence-corrected chi connectivity index (χ1v) is 11.0. The van der Waals surface area contributed by atoms with E-state index in [2.05, 4.69) is 12.2 Å². The highest BCUT2D eigenvalue weighted by molar-refractivity contribution is 5.89. The predicted octanol–water partition coefficient (Wildman–Crippen LogP) is 3.77. The van der Waals surface area contributed by atoms with E-state index >= 15 is 0 Å². The first kappa shape index (κ1) is 20.3. The summed E-state index contributed by atoms with van der Waals surface area (Å²) >= 11 is 0. The van der Waals surface area contributed by atoms with Gasteiger partial charge in [0.25, 0.3) is 0 Å². The molecule has 29 heavy (non-hydrogen) atoms. The van der Waals surface area contributed by atoms with Gasteiger partial charge in [-0.15, -0.1) is 0 Å². The van der Waals surface area contributed by atoms with Gasteiger partial charge < -0.3 is 10.1 Å². The second-order valence-electron chi connectivity index (χ2n) is 8.99. The second kappa shape index (κ2) is 8.42. The van der Waals surface area contributed by atoms with Gasteiger partial charge in [-0.25, -0.2) is 4.39 Å². The van der Waals surface area contributed by atoms with E-state index in [0.29, 0.717) is 11.5 Å². The van der Waals surface area contributed by atoms with E-state index in [1.54, 1.807) is 17.0 Å². The lowest BCUT2D eigenvalue weighted by Gasteiger charge is -2.43. The van der Waals surface area contributed by atoms with E-state index in [1.807, 2.05) is 0 Å². The number of benzene rings is 1. The lowest BCUT2D eigenvalue weighted by molar-refractivity contribution is -0.165. The van der Waals surface area contributed by atoms with Crippen LogP contribution in [0.15, 0.2) is 24.3 Å². The van der Waals surface area contributed by atoms with E-state index in [-0.39, 0.29) is 36.7 Å². The Labute approximate surface area is 172 Å². The fourth-order valence-electron chi connectivity index (χ4n) is 5.13. The molecule has 0 bridgehead atoms. The molecule has 1 spiro atoms. The Morgan fingerprint density at radius 3 is 2.62 bits per heavy atom. The van der Waals surface area contributed by atoms with Gasteiger partial charge in [0.2, 0.25) is 11.8 Å². The highest BCUT2D eigenvalue weighted by Gasteiger charge is 2.54. The lowest BCUT2D eigenvalue weighted by Crippen LogP contribution is -2.58. The SMILES string of the molecule is CC1CCC2(CC1)OCC(C(=O)NCc1cccc(F)c1)N2C(=O)C1CCCC1. The van der Waals surface area contributed by atoms with Gasteiger partial charge in [0.15, 0.2) is 0 Å². The molecule has 2 amide bonds. The summed E-state index contributed by atoms with van der Waals surface area (Å²) in [6, 6.07) is 5.59. The number of nitrogens with one attached hydrogen (secondary N) is 1.